The van der Waals surface area contributed by atoms with Gasteiger partial charge < -0.3 is 9.64 Å². The molecule has 0 saturated carbocycles. The number of anilines is 1. The number of hydrogen-bond acceptors (Lipinski definition) is 4. The maximum absolute atomic E-state index is 12.4. The van der Waals surface area contributed by atoms with Crippen LogP contribution in [0, 0.1) is 0 Å². The zero-order valence-corrected chi connectivity index (χ0v) is 14.0. The van der Waals surface area contributed by atoms with Crippen molar-refractivity contribution in [3.63, 3.8) is 0 Å². The molecule has 2 aromatic rings. The van der Waals surface area contributed by atoms with Gasteiger partial charge in [-0.05, 0) is 44.0 Å². The molecule has 0 saturated heterocycles. The van der Waals surface area contributed by atoms with Gasteiger partial charge in [0, 0.05) is 31.3 Å². The second kappa shape index (κ2) is 4.93. The maximum atomic E-state index is 12.4. The first-order valence-corrected chi connectivity index (χ1v) is 8.05. The number of esters is 1. The van der Waals surface area contributed by atoms with Crippen molar-refractivity contribution in [2.24, 2.45) is 0 Å². The lowest BCUT2D eigenvalue weighted by molar-refractivity contribution is -0.118. The van der Waals surface area contributed by atoms with E-state index in [0.717, 1.165) is 22.6 Å². The number of amides is 1. The zero-order chi connectivity index (χ0) is 17.1. The molecule has 0 fully saturated rings. The van der Waals surface area contributed by atoms with Crippen LogP contribution < -0.4 is 4.90 Å². The first-order chi connectivity index (χ1) is 11.4. The van der Waals surface area contributed by atoms with Crippen molar-refractivity contribution in [3.05, 3.63) is 41.5 Å². The van der Waals surface area contributed by atoms with Crippen LogP contribution in [0.1, 0.15) is 42.0 Å². The van der Waals surface area contributed by atoms with Gasteiger partial charge in [0.15, 0.2) is 5.69 Å². The second-order valence-corrected chi connectivity index (χ2v) is 7.00. The molecule has 0 unspecified atom stereocenters. The van der Waals surface area contributed by atoms with E-state index in [4.69, 9.17) is 4.74 Å². The molecule has 0 bridgehead atoms. The summed E-state index contributed by atoms with van der Waals surface area (Å²) in [6.07, 6.45) is 3.49. The van der Waals surface area contributed by atoms with Crippen molar-refractivity contribution < 1.29 is 14.3 Å². The quantitative estimate of drug-likeness (QED) is 0.755. The molecule has 0 N–H and O–H groups in total. The summed E-state index contributed by atoms with van der Waals surface area (Å²) in [7, 11) is 1.79. The van der Waals surface area contributed by atoms with Crippen LogP contribution in [0.3, 0.4) is 0 Å². The minimum absolute atomic E-state index is 0.126. The third-order valence-corrected chi connectivity index (χ3v) is 4.68. The molecular formula is C18H19N3O3. The first-order valence-electron chi connectivity index (χ1n) is 8.05. The Morgan fingerprint density at radius 1 is 1.21 bits per heavy atom. The molecule has 6 nitrogen and oxygen atoms in total. The van der Waals surface area contributed by atoms with E-state index in [1.165, 1.54) is 0 Å². The molecule has 2 aliphatic rings. The lowest BCUT2D eigenvalue weighted by Crippen LogP contribution is -2.36. The number of rotatable bonds is 1. The van der Waals surface area contributed by atoms with E-state index in [2.05, 4.69) is 4.98 Å². The van der Waals surface area contributed by atoms with Gasteiger partial charge in [0.2, 0.25) is 5.91 Å². The van der Waals surface area contributed by atoms with Crippen molar-refractivity contribution in [1.29, 1.82) is 0 Å². The number of hydrogen-bond donors (Lipinski definition) is 0. The van der Waals surface area contributed by atoms with Gasteiger partial charge >= 0.3 is 5.97 Å². The maximum Gasteiger partial charge on any atom is 0.357 e. The van der Waals surface area contributed by atoms with E-state index < -0.39 is 5.60 Å². The van der Waals surface area contributed by atoms with Crippen LogP contribution >= 0.6 is 0 Å². The van der Waals surface area contributed by atoms with E-state index in [1.54, 1.807) is 22.8 Å². The van der Waals surface area contributed by atoms with Crippen molar-refractivity contribution >= 4 is 17.6 Å². The lowest BCUT2D eigenvalue weighted by Gasteiger charge is -2.29. The summed E-state index contributed by atoms with van der Waals surface area (Å²) >= 11 is 0. The zero-order valence-electron chi connectivity index (χ0n) is 14.0. The van der Waals surface area contributed by atoms with E-state index >= 15 is 0 Å². The number of carbonyl (C=O) groups excluding carboxylic acids is 2. The molecule has 24 heavy (non-hydrogen) atoms. The Morgan fingerprint density at radius 2 is 2.00 bits per heavy atom. The summed E-state index contributed by atoms with van der Waals surface area (Å²) in [4.78, 5) is 30.3. The van der Waals surface area contributed by atoms with Crippen molar-refractivity contribution in [3.8, 4) is 5.69 Å². The number of benzene rings is 1. The molecule has 0 atom stereocenters. The molecule has 1 aromatic carbocycles. The van der Waals surface area contributed by atoms with Gasteiger partial charge in [-0.15, -0.1) is 0 Å². The molecule has 1 amide bonds. The Hall–Kier alpha value is -2.63. The topological polar surface area (TPSA) is 64.4 Å². The summed E-state index contributed by atoms with van der Waals surface area (Å²) in [5, 5.41) is 0. The minimum atomic E-state index is -0.526. The van der Waals surface area contributed by atoms with Gasteiger partial charge in [-0.1, -0.05) is 0 Å². The summed E-state index contributed by atoms with van der Waals surface area (Å²) in [5.41, 5.74) is 3.62. The smallest absolute Gasteiger partial charge is 0.357 e. The molecule has 6 heteroatoms. The van der Waals surface area contributed by atoms with Crippen LogP contribution in [0.4, 0.5) is 5.69 Å². The fourth-order valence-corrected chi connectivity index (χ4v) is 3.46. The van der Waals surface area contributed by atoms with Crippen LogP contribution in [0.2, 0.25) is 0 Å². The fraction of sp³-hybridized carbons (Fsp3) is 0.389. The number of imidazole rings is 1. The van der Waals surface area contributed by atoms with E-state index in [9.17, 15) is 9.59 Å². The number of ether oxygens (including phenoxy) is 1. The summed E-state index contributed by atoms with van der Waals surface area (Å²) < 4.78 is 7.29. The molecule has 1 aromatic heterocycles. The van der Waals surface area contributed by atoms with Crippen LogP contribution in [0.5, 0.6) is 0 Å². The molecule has 0 aliphatic carbocycles. The number of carbonyl (C=O) groups is 2. The van der Waals surface area contributed by atoms with Crippen LogP contribution in [-0.2, 0) is 22.4 Å². The third kappa shape index (κ3) is 2.21. The molecule has 124 valence electrons. The van der Waals surface area contributed by atoms with Crippen LogP contribution in [0.25, 0.3) is 5.69 Å². The number of fused-ring (bicyclic) bond motifs is 2. The Balaban J connectivity index is 1.78. The number of aromatic nitrogens is 2. The molecule has 0 radical (unpaired) electrons. The first kappa shape index (κ1) is 14.9. The summed E-state index contributed by atoms with van der Waals surface area (Å²) in [6, 6.07) is 5.85. The highest BCUT2D eigenvalue weighted by molar-refractivity contribution is 5.96. The summed E-state index contributed by atoms with van der Waals surface area (Å²) in [5.74, 6) is -0.218. The van der Waals surface area contributed by atoms with Gasteiger partial charge in [-0.2, -0.15) is 0 Å². The van der Waals surface area contributed by atoms with Gasteiger partial charge in [-0.3, -0.25) is 9.36 Å². The van der Waals surface area contributed by atoms with E-state index in [1.807, 2.05) is 32.0 Å². The summed E-state index contributed by atoms with van der Waals surface area (Å²) in [6.45, 7) is 3.78. The largest absolute Gasteiger partial charge is 0.455 e. The van der Waals surface area contributed by atoms with Crippen molar-refractivity contribution in [2.75, 3.05) is 11.9 Å². The Bertz CT molecular complexity index is 866. The van der Waals surface area contributed by atoms with Crippen LogP contribution in [-0.4, -0.2) is 34.1 Å². The predicted octanol–water partition coefficient (Wildman–Crippen LogP) is 2.27. The van der Waals surface area contributed by atoms with Gasteiger partial charge in [0.25, 0.3) is 0 Å². The predicted molar refractivity (Wildman–Crippen MR) is 88.5 cm³/mol. The fourth-order valence-electron chi connectivity index (χ4n) is 3.46. The lowest BCUT2D eigenvalue weighted by atomic mass is 9.98. The van der Waals surface area contributed by atoms with Gasteiger partial charge in [0.05, 0.1) is 5.69 Å². The van der Waals surface area contributed by atoms with E-state index in [-0.39, 0.29) is 11.9 Å². The molecular weight excluding hydrogens is 306 g/mol. The highest BCUT2D eigenvalue weighted by atomic mass is 16.6. The Morgan fingerprint density at radius 3 is 2.79 bits per heavy atom. The van der Waals surface area contributed by atoms with Gasteiger partial charge in [0.1, 0.15) is 11.9 Å². The molecule has 0 spiro atoms. The number of nitrogens with zero attached hydrogens (tertiary/aromatic N) is 3. The molecule has 4 rings (SSSR count). The SMILES string of the molecule is CN1C(=O)CCc2cc(-n3cnc4c3C(=O)OC(C)(C)C4)ccc21. The highest BCUT2D eigenvalue weighted by Crippen LogP contribution is 2.32. The normalized spacial score (nSPS) is 18.9. The third-order valence-electron chi connectivity index (χ3n) is 4.68. The van der Waals surface area contributed by atoms with Gasteiger partial charge in [-0.25, -0.2) is 9.78 Å². The standard InChI is InChI=1S/C18H19N3O3/c1-18(2)9-13-16(17(23)24-18)21(10-19-13)12-5-6-14-11(8-12)4-7-15(22)20(14)3/h5-6,8,10H,4,7,9H2,1-3H3. The Kier molecular flexibility index (Phi) is 3.07. The highest BCUT2D eigenvalue weighted by Gasteiger charge is 2.36. The van der Waals surface area contributed by atoms with Crippen molar-refractivity contribution in [1.82, 2.24) is 9.55 Å². The van der Waals surface area contributed by atoms with E-state index in [0.29, 0.717) is 25.0 Å². The number of aryl methyl sites for hydroxylation is 1. The average molecular weight is 325 g/mol. The Labute approximate surface area is 140 Å². The monoisotopic (exact) mass is 325 g/mol. The molecule has 2 aliphatic heterocycles. The average Bonchev–Trinajstić information content (AvgIpc) is 2.93. The minimum Gasteiger partial charge on any atom is -0.455 e. The van der Waals surface area contributed by atoms with Crippen LogP contribution in [0.15, 0.2) is 24.5 Å². The van der Waals surface area contributed by atoms with Crippen molar-refractivity contribution in [2.45, 2.75) is 38.7 Å². The molecule has 3 heterocycles. The number of cyclic esters (lactones) is 1. The second-order valence-electron chi connectivity index (χ2n) is 7.00.